The van der Waals surface area contributed by atoms with E-state index in [1.165, 1.54) is 30.7 Å². The number of likely N-dealkylation sites (tertiary alicyclic amines) is 1. The van der Waals surface area contributed by atoms with Gasteiger partial charge in [0.1, 0.15) is 17.6 Å². The number of hydrogen-bond acceptors (Lipinski definition) is 4. The molecular weight excluding hydrogens is 398 g/mol. The Morgan fingerprint density at radius 1 is 1.30 bits per heavy atom. The van der Waals surface area contributed by atoms with E-state index in [1.54, 1.807) is 11.8 Å². The summed E-state index contributed by atoms with van der Waals surface area (Å²) in [4.78, 5) is 27.9. The van der Waals surface area contributed by atoms with Crippen molar-refractivity contribution in [1.82, 2.24) is 0 Å². The fraction of sp³-hybridized carbons (Fsp3) is 0.478. The van der Waals surface area contributed by atoms with Crippen molar-refractivity contribution in [3.63, 3.8) is 0 Å². The molecule has 6 nitrogen and oxygen atoms in total. The van der Waals surface area contributed by atoms with Crippen LogP contribution in [0.3, 0.4) is 0 Å². The van der Waals surface area contributed by atoms with Crippen LogP contribution < -0.4 is 15.5 Å². The Morgan fingerprint density at radius 2 is 2.07 bits per heavy atom. The molecule has 30 heavy (non-hydrogen) atoms. The van der Waals surface area contributed by atoms with Gasteiger partial charge in [0.05, 0.1) is 25.3 Å². The Hall–Kier alpha value is -2.22. The van der Waals surface area contributed by atoms with Gasteiger partial charge in [-0.05, 0) is 32.4 Å². The Balaban J connectivity index is 1.69. The number of likely N-dealkylation sites (N-methyl/N-ethyl adjacent to an activating group) is 1. The summed E-state index contributed by atoms with van der Waals surface area (Å²) >= 11 is 1.41. The first kappa shape index (κ1) is 22.5. The molecule has 1 aromatic heterocycles. The number of benzene rings is 1. The second kappa shape index (κ2) is 10.7. The number of esters is 1. The third-order valence-electron chi connectivity index (χ3n) is 5.79. The van der Waals surface area contributed by atoms with Crippen LogP contribution in [-0.4, -0.2) is 50.2 Å². The zero-order chi connectivity index (χ0) is 21.5. The summed E-state index contributed by atoms with van der Waals surface area (Å²) in [6, 6.07) is 12.1. The molecule has 7 heteroatoms. The van der Waals surface area contributed by atoms with Gasteiger partial charge in [-0.15, -0.1) is 11.3 Å². The van der Waals surface area contributed by atoms with E-state index in [9.17, 15) is 9.59 Å². The summed E-state index contributed by atoms with van der Waals surface area (Å²) in [5.41, 5.74) is 1.43. The van der Waals surface area contributed by atoms with Crippen molar-refractivity contribution in [1.29, 1.82) is 0 Å². The fourth-order valence-electron chi connectivity index (χ4n) is 4.02. The maximum atomic E-state index is 12.9. The largest absolute Gasteiger partial charge is 0.462 e. The second-order valence-electron chi connectivity index (χ2n) is 7.79. The maximum absolute atomic E-state index is 12.9. The molecule has 1 amide bonds. The first-order valence-corrected chi connectivity index (χ1v) is 11.7. The van der Waals surface area contributed by atoms with E-state index in [0.717, 1.165) is 23.5 Å². The van der Waals surface area contributed by atoms with Crippen molar-refractivity contribution < 1.29 is 24.5 Å². The molecule has 4 N–H and O–H groups in total. The van der Waals surface area contributed by atoms with E-state index in [4.69, 9.17) is 4.74 Å². The first-order valence-electron chi connectivity index (χ1n) is 10.9. The number of ether oxygens (including phenoxy) is 1. The molecule has 0 aliphatic carbocycles. The van der Waals surface area contributed by atoms with Crippen molar-refractivity contribution in [2.45, 2.75) is 45.7 Å². The standard InChI is InChI=1S/C23H31N3O3S/c1-4-26-13-9-12-18(26)15-24-16(3)21(27)25-22-19(23(28)29-5-2)14-20(30-22)17-10-7-6-8-11-17/h6-8,10-11,14,16,18,24H,4-5,9,12-13,15H2,1-3H3,(H,25,27)/p+2/t16-,18+/m0/s1. The number of hydrogen-bond donors (Lipinski definition) is 3. The number of carbonyl (C=O) groups is 2. The highest BCUT2D eigenvalue weighted by molar-refractivity contribution is 7.20. The summed E-state index contributed by atoms with van der Waals surface area (Å²) < 4.78 is 5.20. The van der Waals surface area contributed by atoms with Gasteiger partial charge in [-0.3, -0.25) is 4.79 Å². The topological polar surface area (TPSA) is 76.4 Å². The third-order valence-corrected chi connectivity index (χ3v) is 6.89. The van der Waals surface area contributed by atoms with Crippen LogP contribution in [0.25, 0.3) is 10.4 Å². The normalized spacial score (nSPS) is 19.4. The van der Waals surface area contributed by atoms with Gasteiger partial charge >= 0.3 is 5.97 Å². The molecular formula is C23H33N3O3S+2. The molecule has 2 aromatic rings. The summed E-state index contributed by atoms with van der Waals surface area (Å²) in [6.45, 7) is 9.54. The highest BCUT2D eigenvalue weighted by Gasteiger charge is 2.30. The Kier molecular flexibility index (Phi) is 8.01. The van der Waals surface area contributed by atoms with Crippen LogP contribution in [0.2, 0.25) is 0 Å². The quantitative estimate of drug-likeness (QED) is 0.527. The van der Waals surface area contributed by atoms with Gasteiger partial charge in [0.2, 0.25) is 0 Å². The zero-order valence-corrected chi connectivity index (χ0v) is 18.9. The van der Waals surface area contributed by atoms with E-state index >= 15 is 0 Å². The number of nitrogens with two attached hydrogens (primary N) is 1. The first-order chi connectivity index (χ1) is 14.5. The lowest BCUT2D eigenvalue weighted by molar-refractivity contribution is -0.925. The van der Waals surface area contributed by atoms with Crippen LogP contribution in [0, 0.1) is 0 Å². The van der Waals surface area contributed by atoms with Gasteiger partial charge in [-0.25, -0.2) is 4.79 Å². The number of thiophene rings is 1. The SMILES string of the molecule is CCOC(=O)c1cc(-c2ccccc2)sc1NC(=O)[C@H](C)[NH2+]C[C@H]1CCC[NH+]1CC. The number of nitrogens with one attached hydrogen (secondary N) is 2. The lowest BCUT2D eigenvalue weighted by Gasteiger charge is -2.20. The molecule has 1 fully saturated rings. The van der Waals surface area contributed by atoms with E-state index in [-0.39, 0.29) is 11.9 Å². The zero-order valence-electron chi connectivity index (χ0n) is 18.1. The Morgan fingerprint density at radius 3 is 2.77 bits per heavy atom. The molecule has 2 heterocycles. The summed E-state index contributed by atoms with van der Waals surface area (Å²) in [5.74, 6) is -0.492. The van der Waals surface area contributed by atoms with Crippen molar-refractivity contribution in [3.8, 4) is 10.4 Å². The maximum Gasteiger partial charge on any atom is 0.341 e. The predicted octanol–water partition coefficient (Wildman–Crippen LogP) is 1.55. The Labute approximate surface area is 182 Å². The highest BCUT2D eigenvalue weighted by atomic mass is 32.1. The van der Waals surface area contributed by atoms with E-state index in [1.807, 2.05) is 43.3 Å². The molecule has 0 spiro atoms. The summed E-state index contributed by atoms with van der Waals surface area (Å²) in [7, 11) is 0. The third kappa shape index (κ3) is 5.47. The average Bonchev–Trinajstić information content (AvgIpc) is 3.39. The second-order valence-corrected chi connectivity index (χ2v) is 8.84. The highest BCUT2D eigenvalue weighted by Crippen LogP contribution is 2.35. The molecule has 3 atom stereocenters. The van der Waals surface area contributed by atoms with Gasteiger partial charge in [-0.2, -0.15) is 0 Å². The minimum absolute atomic E-state index is 0.0851. The average molecular weight is 432 g/mol. The minimum atomic E-state index is -0.406. The van der Waals surface area contributed by atoms with Crippen LogP contribution in [0.15, 0.2) is 36.4 Å². The molecule has 0 radical (unpaired) electrons. The van der Waals surface area contributed by atoms with Crippen LogP contribution >= 0.6 is 11.3 Å². The Bertz CT molecular complexity index is 853. The van der Waals surface area contributed by atoms with Gasteiger partial charge in [-0.1, -0.05) is 30.3 Å². The van der Waals surface area contributed by atoms with Crippen LogP contribution in [0.5, 0.6) is 0 Å². The van der Waals surface area contributed by atoms with Crippen LogP contribution in [0.1, 0.15) is 44.0 Å². The molecule has 1 aliphatic heterocycles. The van der Waals surface area contributed by atoms with E-state index in [0.29, 0.717) is 23.2 Å². The lowest BCUT2D eigenvalue weighted by Crippen LogP contribution is -3.16. The smallest absolute Gasteiger partial charge is 0.341 e. The van der Waals surface area contributed by atoms with E-state index < -0.39 is 5.97 Å². The number of rotatable bonds is 9. The fourth-order valence-corrected chi connectivity index (χ4v) is 5.08. The number of amides is 1. The molecule has 1 saturated heterocycles. The van der Waals surface area contributed by atoms with Crippen molar-refractivity contribution in [2.75, 3.05) is 31.6 Å². The van der Waals surface area contributed by atoms with Gasteiger partial charge in [0.15, 0.2) is 6.04 Å². The van der Waals surface area contributed by atoms with Crippen LogP contribution in [-0.2, 0) is 9.53 Å². The molecule has 1 aliphatic rings. The van der Waals surface area contributed by atoms with Crippen LogP contribution in [0.4, 0.5) is 5.00 Å². The van der Waals surface area contributed by atoms with Crippen molar-refractivity contribution in [2.24, 2.45) is 0 Å². The van der Waals surface area contributed by atoms with Crippen molar-refractivity contribution in [3.05, 3.63) is 42.0 Å². The van der Waals surface area contributed by atoms with E-state index in [2.05, 4.69) is 17.6 Å². The van der Waals surface area contributed by atoms with Crippen molar-refractivity contribution >= 4 is 28.2 Å². The van der Waals surface area contributed by atoms with Gasteiger partial charge in [0.25, 0.3) is 5.91 Å². The summed E-state index contributed by atoms with van der Waals surface area (Å²) in [5, 5.41) is 5.66. The van der Waals surface area contributed by atoms with Gasteiger partial charge < -0.3 is 20.3 Å². The molecule has 162 valence electrons. The molecule has 3 rings (SSSR count). The van der Waals surface area contributed by atoms with Gasteiger partial charge in [0, 0.05) is 17.7 Å². The molecule has 1 unspecified atom stereocenters. The number of quaternary nitrogens is 2. The number of carbonyl (C=O) groups excluding carboxylic acids is 2. The predicted molar refractivity (Wildman–Crippen MR) is 120 cm³/mol. The summed E-state index contributed by atoms with van der Waals surface area (Å²) in [6.07, 6.45) is 2.50. The molecule has 0 bridgehead atoms. The number of anilines is 1. The lowest BCUT2D eigenvalue weighted by atomic mass is 10.1. The molecule has 1 aromatic carbocycles. The minimum Gasteiger partial charge on any atom is -0.462 e. The monoisotopic (exact) mass is 431 g/mol. The molecule has 0 saturated carbocycles.